The Labute approximate surface area is 202 Å². The summed E-state index contributed by atoms with van der Waals surface area (Å²) >= 11 is 0. The van der Waals surface area contributed by atoms with E-state index in [1.54, 1.807) is 33.4 Å². The smallest absolute Gasteiger partial charge is 0.233 e. The first-order valence-corrected chi connectivity index (χ1v) is 11.7. The van der Waals surface area contributed by atoms with Gasteiger partial charge < -0.3 is 24.4 Å². The molecule has 2 atom stereocenters. The lowest BCUT2D eigenvalue weighted by Crippen LogP contribution is -2.42. The van der Waals surface area contributed by atoms with Crippen molar-refractivity contribution in [2.45, 2.75) is 25.9 Å². The van der Waals surface area contributed by atoms with Crippen molar-refractivity contribution in [2.75, 3.05) is 59.0 Å². The zero-order valence-corrected chi connectivity index (χ0v) is 20.6. The Balaban J connectivity index is 1.80. The summed E-state index contributed by atoms with van der Waals surface area (Å²) in [5.74, 6) is 1.29. The first kappa shape index (κ1) is 25.6. The van der Waals surface area contributed by atoms with Gasteiger partial charge in [0.05, 0.1) is 25.1 Å². The van der Waals surface area contributed by atoms with Gasteiger partial charge in [0.1, 0.15) is 11.9 Å². The molecule has 0 bridgehead atoms. The number of methoxy groups -OCH3 is 2. The second kappa shape index (κ2) is 12.4. The molecule has 2 heterocycles. The average Bonchev–Trinajstić information content (AvgIpc) is 2.89. The predicted molar refractivity (Wildman–Crippen MR) is 136 cm³/mol. The maximum absolute atomic E-state index is 11.0. The summed E-state index contributed by atoms with van der Waals surface area (Å²) in [5, 5.41) is 19.1. The molecule has 2 unspecified atom stereocenters. The number of rotatable bonds is 10. The Kier molecular flexibility index (Phi) is 9.35. The number of anilines is 1. The van der Waals surface area contributed by atoms with E-state index >= 15 is 0 Å². The van der Waals surface area contributed by atoms with Gasteiger partial charge in [0.15, 0.2) is 0 Å². The minimum atomic E-state index is -0.711. The van der Waals surface area contributed by atoms with Gasteiger partial charge in [-0.25, -0.2) is 0 Å². The van der Waals surface area contributed by atoms with Crippen molar-refractivity contribution in [3.05, 3.63) is 41.6 Å². The molecular weight excluding hydrogens is 432 g/mol. The lowest BCUT2D eigenvalue weighted by molar-refractivity contribution is 0.0665. The summed E-state index contributed by atoms with van der Waals surface area (Å²) in [6.07, 6.45) is 1.14. The number of aliphatic hydroxyl groups is 1. The molecule has 0 amide bonds. The van der Waals surface area contributed by atoms with Crippen LogP contribution in [0, 0.1) is 5.92 Å². The molecule has 0 aliphatic carbocycles. The van der Waals surface area contributed by atoms with Gasteiger partial charge in [0.25, 0.3) is 0 Å². The molecule has 2 aromatic rings. The molecule has 3 rings (SSSR count). The summed E-state index contributed by atoms with van der Waals surface area (Å²) in [6.45, 7) is 9.78. The van der Waals surface area contributed by atoms with Crippen molar-refractivity contribution in [2.24, 2.45) is 15.9 Å². The lowest BCUT2D eigenvalue weighted by atomic mass is 9.90. The van der Waals surface area contributed by atoms with Crippen LogP contribution in [0.4, 0.5) is 11.4 Å². The summed E-state index contributed by atoms with van der Waals surface area (Å²) in [6, 6.07) is 9.70. The highest BCUT2D eigenvalue weighted by Gasteiger charge is 2.30. The van der Waals surface area contributed by atoms with Gasteiger partial charge in [-0.15, -0.1) is 10.2 Å². The predicted octanol–water partition coefficient (Wildman–Crippen LogP) is 3.11. The number of amidine groups is 1. The largest absolute Gasteiger partial charge is 0.480 e. The fourth-order valence-electron chi connectivity index (χ4n) is 4.44. The molecule has 1 aromatic heterocycles. The van der Waals surface area contributed by atoms with Gasteiger partial charge in [-0.05, 0) is 50.7 Å². The van der Waals surface area contributed by atoms with E-state index in [0.717, 1.165) is 55.2 Å². The van der Waals surface area contributed by atoms with Crippen LogP contribution in [0.15, 0.2) is 40.3 Å². The van der Waals surface area contributed by atoms with Crippen LogP contribution < -0.4 is 9.64 Å². The third-order valence-electron chi connectivity index (χ3n) is 6.29. The monoisotopic (exact) mass is 468 g/mol. The number of ether oxygens (including phenoxy) is 2. The quantitative estimate of drug-likeness (QED) is 0.423. The average molecular weight is 469 g/mol. The second-order valence-corrected chi connectivity index (χ2v) is 8.27. The summed E-state index contributed by atoms with van der Waals surface area (Å²) in [5.41, 5.74) is 3.35. The summed E-state index contributed by atoms with van der Waals surface area (Å²) in [4.78, 5) is 13.4. The molecule has 1 aromatic carbocycles. The van der Waals surface area contributed by atoms with Crippen LogP contribution in [0.5, 0.6) is 5.88 Å². The van der Waals surface area contributed by atoms with Crippen LogP contribution in [0.25, 0.3) is 0 Å². The van der Waals surface area contributed by atoms with Crippen molar-refractivity contribution < 1.29 is 14.6 Å². The number of piperidine rings is 1. The third-order valence-corrected chi connectivity index (χ3v) is 6.29. The minimum Gasteiger partial charge on any atom is -0.480 e. The topological polar surface area (TPSA) is 95.7 Å². The normalized spacial score (nSPS) is 17.4. The number of aromatic nitrogens is 2. The van der Waals surface area contributed by atoms with E-state index in [1.165, 1.54) is 0 Å². The van der Waals surface area contributed by atoms with Crippen molar-refractivity contribution in [1.82, 2.24) is 15.1 Å². The molecule has 184 valence electrons. The number of nitrogens with zero attached hydrogens (tertiary/aromatic N) is 6. The first-order valence-electron chi connectivity index (χ1n) is 11.7. The van der Waals surface area contributed by atoms with E-state index in [2.05, 4.69) is 61.8 Å². The second-order valence-electron chi connectivity index (χ2n) is 8.27. The van der Waals surface area contributed by atoms with Gasteiger partial charge >= 0.3 is 0 Å². The van der Waals surface area contributed by atoms with Crippen LogP contribution >= 0.6 is 0 Å². The fraction of sp³-hybridized carbons (Fsp3) is 0.520. The van der Waals surface area contributed by atoms with Crippen LogP contribution in [0.2, 0.25) is 0 Å². The van der Waals surface area contributed by atoms with Crippen molar-refractivity contribution >= 4 is 23.9 Å². The molecule has 1 saturated heterocycles. The molecule has 1 aliphatic rings. The number of aliphatic hydroxyl groups excluding tert-OH is 1. The minimum absolute atomic E-state index is 0.0113. The molecule has 9 heteroatoms. The van der Waals surface area contributed by atoms with Gasteiger partial charge in [-0.2, -0.15) is 0 Å². The molecule has 9 nitrogen and oxygen atoms in total. The molecule has 34 heavy (non-hydrogen) atoms. The maximum Gasteiger partial charge on any atom is 0.233 e. The number of likely N-dealkylation sites (N-methyl/N-ethyl adjacent to an activating group) is 1. The van der Waals surface area contributed by atoms with Crippen LogP contribution in [0.3, 0.4) is 0 Å². The van der Waals surface area contributed by atoms with Crippen molar-refractivity contribution in [1.29, 1.82) is 0 Å². The zero-order chi connectivity index (χ0) is 24.5. The Morgan fingerprint density at radius 1 is 1.29 bits per heavy atom. The highest BCUT2D eigenvalue weighted by atomic mass is 16.5. The highest BCUT2D eigenvalue weighted by Crippen LogP contribution is 2.32. The number of hydrogen-bond acceptors (Lipinski definition) is 8. The van der Waals surface area contributed by atoms with E-state index in [-0.39, 0.29) is 5.92 Å². The fourth-order valence-corrected chi connectivity index (χ4v) is 4.44. The number of aliphatic imine (C=N–C) groups is 2. The molecule has 0 radical (unpaired) electrons. The number of hydrogen-bond donors (Lipinski definition) is 1. The Morgan fingerprint density at radius 3 is 2.74 bits per heavy atom. The lowest BCUT2D eigenvalue weighted by Gasteiger charge is -2.37. The SMILES string of the molecule is C=Nc1cc(N(CC)CCOC)ccc1C(=NC)N1CCCC(C(O)c2ccc(OC)nn2)C1. The Bertz CT molecular complexity index is 966. The van der Waals surface area contributed by atoms with E-state index in [0.29, 0.717) is 24.7 Å². The van der Waals surface area contributed by atoms with Crippen LogP contribution in [-0.4, -0.2) is 86.8 Å². The van der Waals surface area contributed by atoms with E-state index < -0.39 is 6.10 Å². The van der Waals surface area contributed by atoms with Gasteiger partial charge in [0, 0.05) is 63.6 Å². The zero-order valence-electron chi connectivity index (χ0n) is 20.6. The van der Waals surface area contributed by atoms with Crippen molar-refractivity contribution in [3.8, 4) is 5.88 Å². The van der Waals surface area contributed by atoms with E-state index in [4.69, 9.17) is 9.47 Å². The van der Waals surface area contributed by atoms with Crippen LogP contribution in [0.1, 0.15) is 37.1 Å². The van der Waals surface area contributed by atoms with E-state index in [9.17, 15) is 5.11 Å². The molecule has 0 spiro atoms. The Hall–Kier alpha value is -3.04. The maximum atomic E-state index is 11.0. The highest BCUT2D eigenvalue weighted by molar-refractivity contribution is 6.03. The molecule has 1 fully saturated rings. The number of likely N-dealkylation sites (tertiary alicyclic amines) is 1. The first-order chi connectivity index (χ1) is 16.6. The van der Waals surface area contributed by atoms with Crippen LogP contribution in [-0.2, 0) is 4.74 Å². The van der Waals surface area contributed by atoms with E-state index in [1.807, 2.05) is 0 Å². The molecule has 1 aliphatic heterocycles. The van der Waals surface area contributed by atoms with Gasteiger partial charge in [0.2, 0.25) is 5.88 Å². The Morgan fingerprint density at radius 2 is 2.12 bits per heavy atom. The molecule has 0 saturated carbocycles. The van der Waals surface area contributed by atoms with Crippen molar-refractivity contribution in [3.63, 3.8) is 0 Å². The third kappa shape index (κ3) is 5.90. The van der Waals surface area contributed by atoms with Gasteiger partial charge in [-0.3, -0.25) is 9.98 Å². The standard InChI is InChI=1S/C25H36N6O3/c1-6-30(14-15-33-4)19-9-10-20(22(16-19)26-2)25(27-3)31-13-7-8-18(17-31)24(32)21-11-12-23(34-5)29-28-21/h9-12,16,18,24,32H,2,6-8,13-15,17H2,1,3-5H3. The summed E-state index contributed by atoms with van der Waals surface area (Å²) < 4.78 is 10.3. The molecular formula is C25H36N6O3. The summed E-state index contributed by atoms with van der Waals surface area (Å²) in [7, 11) is 5.05. The van der Waals surface area contributed by atoms with Gasteiger partial charge in [-0.1, -0.05) is 0 Å². The number of benzene rings is 1. The molecule has 1 N–H and O–H groups in total.